The van der Waals surface area contributed by atoms with Crippen molar-refractivity contribution in [3.05, 3.63) is 64.6 Å². The third-order valence-electron chi connectivity index (χ3n) is 5.39. The van der Waals surface area contributed by atoms with Crippen LogP contribution in [-0.2, 0) is 0 Å². The molecule has 0 radical (unpaired) electrons. The largest absolute Gasteiger partial charge is 0.368 e. The van der Waals surface area contributed by atoms with Crippen LogP contribution < -0.4 is 4.90 Å². The van der Waals surface area contributed by atoms with Crippen LogP contribution in [0.2, 0.25) is 0 Å². The second-order valence-electron chi connectivity index (χ2n) is 7.70. The molecule has 3 heterocycles. The van der Waals surface area contributed by atoms with Gasteiger partial charge in [0, 0.05) is 48.6 Å². The average Bonchev–Trinajstić information content (AvgIpc) is 2.66. The van der Waals surface area contributed by atoms with E-state index < -0.39 is 0 Å². The van der Waals surface area contributed by atoms with Gasteiger partial charge in [-0.15, -0.1) is 0 Å². The summed E-state index contributed by atoms with van der Waals surface area (Å²) in [6, 6.07) is 12.4. The van der Waals surface area contributed by atoms with Crippen LogP contribution >= 0.6 is 0 Å². The van der Waals surface area contributed by atoms with Crippen molar-refractivity contribution >= 4 is 22.5 Å². The van der Waals surface area contributed by atoms with Crippen molar-refractivity contribution in [3.63, 3.8) is 0 Å². The SMILES string of the molecule is Cc1ccc2nc(C)c(C(=O)N3CCN(c4cc(C)nc(C)c4)CC3)cc2c1. The number of hydrogen-bond acceptors (Lipinski definition) is 4. The van der Waals surface area contributed by atoms with Gasteiger partial charge in [0.15, 0.2) is 0 Å². The molecule has 28 heavy (non-hydrogen) atoms. The maximum Gasteiger partial charge on any atom is 0.255 e. The Labute approximate surface area is 166 Å². The zero-order chi connectivity index (χ0) is 19.8. The minimum atomic E-state index is 0.0788. The Morgan fingerprint density at radius 3 is 2.21 bits per heavy atom. The molecular formula is C23H26N4O. The molecule has 0 unspecified atom stereocenters. The van der Waals surface area contributed by atoms with Crippen LogP contribution in [0.15, 0.2) is 36.4 Å². The molecule has 2 aromatic heterocycles. The van der Waals surface area contributed by atoms with Gasteiger partial charge in [0.1, 0.15) is 0 Å². The molecule has 0 bridgehead atoms. The molecule has 5 nitrogen and oxygen atoms in total. The molecular weight excluding hydrogens is 348 g/mol. The molecule has 0 aliphatic carbocycles. The molecule has 1 amide bonds. The molecule has 0 atom stereocenters. The standard InChI is InChI=1S/C23H26N4O/c1-15-5-6-22-19(11-15)14-21(18(4)25-22)23(28)27-9-7-26(8-10-27)20-12-16(2)24-17(3)13-20/h5-6,11-14H,7-10H2,1-4H3. The molecule has 1 aliphatic heterocycles. The molecule has 0 N–H and O–H groups in total. The lowest BCUT2D eigenvalue weighted by Crippen LogP contribution is -2.49. The second-order valence-corrected chi connectivity index (χ2v) is 7.70. The number of aryl methyl sites for hydroxylation is 4. The summed E-state index contributed by atoms with van der Waals surface area (Å²) in [6.07, 6.45) is 0. The lowest BCUT2D eigenvalue weighted by molar-refractivity contribution is 0.0745. The Morgan fingerprint density at radius 2 is 1.54 bits per heavy atom. The highest BCUT2D eigenvalue weighted by molar-refractivity contribution is 5.98. The van der Waals surface area contributed by atoms with E-state index in [4.69, 9.17) is 0 Å². The van der Waals surface area contributed by atoms with Gasteiger partial charge >= 0.3 is 0 Å². The van der Waals surface area contributed by atoms with E-state index in [-0.39, 0.29) is 5.91 Å². The Kier molecular flexibility index (Phi) is 4.75. The van der Waals surface area contributed by atoms with Gasteiger partial charge in [0.05, 0.1) is 16.8 Å². The number of piperazine rings is 1. The third-order valence-corrected chi connectivity index (χ3v) is 5.39. The number of benzene rings is 1. The highest BCUT2D eigenvalue weighted by Crippen LogP contribution is 2.22. The second kappa shape index (κ2) is 7.23. The van der Waals surface area contributed by atoms with Crippen molar-refractivity contribution in [2.24, 2.45) is 0 Å². The molecule has 0 spiro atoms. The van der Waals surface area contributed by atoms with Crippen molar-refractivity contribution in [2.45, 2.75) is 27.7 Å². The number of amides is 1. The first-order valence-electron chi connectivity index (χ1n) is 9.78. The van der Waals surface area contributed by atoms with Crippen LogP contribution in [0.25, 0.3) is 10.9 Å². The number of nitrogens with zero attached hydrogens (tertiary/aromatic N) is 4. The van der Waals surface area contributed by atoms with Gasteiger partial charge in [-0.3, -0.25) is 14.8 Å². The lowest BCUT2D eigenvalue weighted by Gasteiger charge is -2.36. The zero-order valence-electron chi connectivity index (χ0n) is 17.0. The minimum Gasteiger partial charge on any atom is -0.368 e. The van der Waals surface area contributed by atoms with E-state index >= 15 is 0 Å². The van der Waals surface area contributed by atoms with Gasteiger partial charge < -0.3 is 9.80 Å². The zero-order valence-corrected chi connectivity index (χ0v) is 17.0. The Morgan fingerprint density at radius 1 is 0.857 bits per heavy atom. The summed E-state index contributed by atoms with van der Waals surface area (Å²) in [5.41, 5.74) is 6.87. The van der Waals surface area contributed by atoms with E-state index in [0.717, 1.165) is 41.1 Å². The summed E-state index contributed by atoms with van der Waals surface area (Å²) in [6.45, 7) is 11.1. The summed E-state index contributed by atoms with van der Waals surface area (Å²) >= 11 is 0. The number of anilines is 1. The first-order chi connectivity index (χ1) is 13.4. The smallest absolute Gasteiger partial charge is 0.255 e. The molecule has 144 valence electrons. The van der Waals surface area contributed by atoms with E-state index in [9.17, 15) is 4.79 Å². The molecule has 5 heteroatoms. The van der Waals surface area contributed by atoms with E-state index in [0.29, 0.717) is 18.7 Å². The fourth-order valence-electron chi connectivity index (χ4n) is 3.94. The van der Waals surface area contributed by atoms with Crippen molar-refractivity contribution in [2.75, 3.05) is 31.1 Å². The van der Waals surface area contributed by atoms with Gasteiger partial charge in [-0.2, -0.15) is 0 Å². The van der Waals surface area contributed by atoms with Crippen LogP contribution in [0.4, 0.5) is 5.69 Å². The highest BCUT2D eigenvalue weighted by Gasteiger charge is 2.24. The fraction of sp³-hybridized carbons (Fsp3) is 0.348. The number of carbonyl (C=O) groups is 1. The number of rotatable bonds is 2. The lowest BCUT2D eigenvalue weighted by atomic mass is 10.1. The third kappa shape index (κ3) is 3.57. The number of carbonyl (C=O) groups excluding carboxylic acids is 1. The van der Waals surface area contributed by atoms with Crippen molar-refractivity contribution in [3.8, 4) is 0 Å². The quantitative estimate of drug-likeness (QED) is 0.684. The van der Waals surface area contributed by atoms with Crippen LogP contribution in [0.5, 0.6) is 0 Å². The van der Waals surface area contributed by atoms with Crippen LogP contribution in [0.3, 0.4) is 0 Å². The minimum absolute atomic E-state index is 0.0788. The molecule has 4 rings (SSSR count). The predicted octanol–water partition coefficient (Wildman–Crippen LogP) is 3.83. The molecule has 1 saturated heterocycles. The molecule has 1 aliphatic rings. The van der Waals surface area contributed by atoms with Crippen LogP contribution in [0.1, 0.15) is 33.0 Å². The van der Waals surface area contributed by atoms with Gasteiger partial charge in [-0.05, 0) is 58.0 Å². The summed E-state index contributed by atoms with van der Waals surface area (Å²) in [4.78, 5) is 26.5. The van der Waals surface area contributed by atoms with E-state index in [1.54, 1.807) is 0 Å². The Hall–Kier alpha value is -2.95. The maximum atomic E-state index is 13.2. The van der Waals surface area contributed by atoms with Gasteiger partial charge in [-0.25, -0.2) is 0 Å². The van der Waals surface area contributed by atoms with Crippen LogP contribution in [0, 0.1) is 27.7 Å². The number of pyridine rings is 2. The summed E-state index contributed by atoms with van der Waals surface area (Å²) in [7, 11) is 0. The van der Waals surface area contributed by atoms with Gasteiger partial charge in [0.25, 0.3) is 5.91 Å². The van der Waals surface area contributed by atoms with E-state index in [1.165, 1.54) is 11.3 Å². The number of aromatic nitrogens is 2. The fourth-order valence-corrected chi connectivity index (χ4v) is 3.94. The first-order valence-corrected chi connectivity index (χ1v) is 9.78. The van der Waals surface area contributed by atoms with Crippen LogP contribution in [-0.4, -0.2) is 47.0 Å². The van der Waals surface area contributed by atoms with E-state index in [2.05, 4.69) is 46.1 Å². The summed E-state index contributed by atoms with van der Waals surface area (Å²) in [5.74, 6) is 0.0788. The topological polar surface area (TPSA) is 49.3 Å². The maximum absolute atomic E-state index is 13.2. The van der Waals surface area contributed by atoms with Crippen molar-refractivity contribution in [1.29, 1.82) is 0 Å². The van der Waals surface area contributed by atoms with Crippen molar-refractivity contribution in [1.82, 2.24) is 14.9 Å². The molecule has 1 fully saturated rings. The predicted molar refractivity (Wildman–Crippen MR) is 113 cm³/mol. The monoisotopic (exact) mass is 374 g/mol. The van der Waals surface area contributed by atoms with Gasteiger partial charge in [0.2, 0.25) is 0 Å². The van der Waals surface area contributed by atoms with Crippen molar-refractivity contribution < 1.29 is 4.79 Å². The molecule has 3 aromatic rings. The van der Waals surface area contributed by atoms with Gasteiger partial charge in [-0.1, -0.05) is 11.6 Å². The average molecular weight is 374 g/mol. The summed E-state index contributed by atoms with van der Waals surface area (Å²) in [5, 5.41) is 1.02. The number of hydrogen-bond donors (Lipinski definition) is 0. The highest BCUT2D eigenvalue weighted by atomic mass is 16.2. The molecule has 1 aromatic carbocycles. The Balaban J connectivity index is 1.52. The number of fused-ring (bicyclic) bond motifs is 1. The summed E-state index contributed by atoms with van der Waals surface area (Å²) < 4.78 is 0. The normalized spacial score (nSPS) is 14.6. The Bertz CT molecular complexity index is 1030. The molecule has 0 saturated carbocycles. The van der Waals surface area contributed by atoms with E-state index in [1.807, 2.05) is 37.8 Å². The first kappa shape index (κ1) is 18.4.